The summed E-state index contributed by atoms with van der Waals surface area (Å²) in [5.74, 6) is -1.69. The Kier molecular flexibility index (Phi) is 5.70. The van der Waals surface area contributed by atoms with Gasteiger partial charge in [-0.2, -0.15) is 0 Å². The van der Waals surface area contributed by atoms with Gasteiger partial charge >= 0.3 is 22.8 Å². The van der Waals surface area contributed by atoms with Crippen molar-refractivity contribution in [2.75, 3.05) is 6.61 Å². The predicted molar refractivity (Wildman–Crippen MR) is 93.4 cm³/mol. The number of ether oxygens (including phenoxy) is 4. The minimum absolute atomic E-state index is 0.121. The fourth-order valence-corrected chi connectivity index (χ4v) is 3.48. The van der Waals surface area contributed by atoms with Gasteiger partial charge in [-0.25, -0.2) is 9.97 Å². The van der Waals surface area contributed by atoms with Crippen LogP contribution in [0.5, 0.6) is 0 Å². The molecule has 11 nitrogen and oxygen atoms in total. The Balaban J connectivity index is 1.97. The van der Waals surface area contributed by atoms with Crippen molar-refractivity contribution in [3.05, 3.63) is 21.7 Å². The average molecular weight is 411 g/mol. The second kappa shape index (κ2) is 8.02. The quantitative estimate of drug-likeness (QED) is 0.536. The summed E-state index contributed by atoms with van der Waals surface area (Å²) in [6, 6.07) is 0. The van der Waals surface area contributed by atoms with Crippen molar-refractivity contribution in [3.63, 3.8) is 0 Å². The van der Waals surface area contributed by atoms with E-state index < -0.39 is 42.3 Å². The van der Waals surface area contributed by atoms with E-state index in [0.29, 0.717) is 10.3 Å². The highest BCUT2D eigenvalue weighted by Gasteiger charge is 2.51. The molecule has 2 aromatic rings. The van der Waals surface area contributed by atoms with E-state index in [1.54, 1.807) is 0 Å². The second-order valence-electron chi connectivity index (χ2n) is 6.00. The highest BCUT2D eigenvalue weighted by atomic mass is 32.1. The van der Waals surface area contributed by atoms with Crippen LogP contribution in [0, 0.1) is 0 Å². The molecule has 12 heteroatoms. The van der Waals surface area contributed by atoms with Crippen LogP contribution in [0.25, 0.3) is 10.3 Å². The van der Waals surface area contributed by atoms with Gasteiger partial charge in [0.2, 0.25) is 0 Å². The lowest BCUT2D eigenvalue weighted by molar-refractivity contribution is -0.165. The summed E-state index contributed by atoms with van der Waals surface area (Å²) in [7, 11) is 0. The number of carbonyl (C=O) groups excluding carboxylic acids is 3. The molecular weight excluding hydrogens is 394 g/mol. The maximum atomic E-state index is 11.6. The molecule has 0 bridgehead atoms. The van der Waals surface area contributed by atoms with Gasteiger partial charge in [-0.15, -0.1) is 0 Å². The average Bonchev–Trinajstić information content (AvgIpc) is 3.11. The third-order valence-electron chi connectivity index (χ3n) is 3.82. The van der Waals surface area contributed by atoms with E-state index in [-0.39, 0.29) is 17.3 Å². The fourth-order valence-electron chi connectivity index (χ4n) is 2.83. The van der Waals surface area contributed by atoms with Crippen molar-refractivity contribution in [3.8, 4) is 0 Å². The predicted octanol–water partition coefficient (Wildman–Crippen LogP) is 0.246. The van der Waals surface area contributed by atoms with Crippen LogP contribution < -0.4 is 4.87 Å². The van der Waals surface area contributed by atoms with Gasteiger partial charge in [0, 0.05) is 20.8 Å². The molecule has 4 atom stereocenters. The molecule has 150 valence electrons. The number of carbonyl (C=O) groups is 3. The number of hydrogen-bond acceptors (Lipinski definition) is 11. The van der Waals surface area contributed by atoms with E-state index in [4.69, 9.17) is 18.9 Å². The Morgan fingerprint density at radius 2 is 1.82 bits per heavy atom. The smallest absolute Gasteiger partial charge is 0.306 e. The molecule has 0 unspecified atom stereocenters. The number of rotatable bonds is 5. The third kappa shape index (κ3) is 4.34. The zero-order valence-corrected chi connectivity index (χ0v) is 16.0. The van der Waals surface area contributed by atoms with Crippen LogP contribution in [-0.2, 0) is 33.3 Å². The summed E-state index contributed by atoms with van der Waals surface area (Å²) in [5, 5.41) is 0. The Morgan fingerprint density at radius 1 is 1.14 bits per heavy atom. The summed E-state index contributed by atoms with van der Waals surface area (Å²) >= 11 is 0.947. The fraction of sp³-hybridized carbons (Fsp3) is 0.500. The summed E-state index contributed by atoms with van der Waals surface area (Å²) in [5.41, 5.74) is 0.303. The third-order valence-corrected chi connectivity index (χ3v) is 4.62. The number of esters is 3. The molecule has 0 saturated carbocycles. The first kappa shape index (κ1) is 19.9. The second-order valence-corrected chi connectivity index (χ2v) is 7.02. The molecule has 0 aliphatic carbocycles. The molecule has 0 spiro atoms. The summed E-state index contributed by atoms with van der Waals surface area (Å²) in [6.45, 7) is 3.39. The molecule has 1 aliphatic rings. The summed E-state index contributed by atoms with van der Waals surface area (Å²) < 4.78 is 21.9. The number of H-pyrrole nitrogens is 1. The number of nitrogens with zero attached hydrogens (tertiary/aromatic N) is 2. The molecule has 0 amide bonds. The molecule has 3 rings (SSSR count). The normalized spacial score (nSPS) is 24.1. The highest BCUT2D eigenvalue weighted by molar-refractivity contribution is 7.16. The van der Waals surface area contributed by atoms with E-state index in [1.165, 1.54) is 27.0 Å². The van der Waals surface area contributed by atoms with Crippen LogP contribution in [-0.4, -0.2) is 57.8 Å². The van der Waals surface area contributed by atoms with Gasteiger partial charge in [0.15, 0.2) is 29.8 Å². The first-order valence-electron chi connectivity index (χ1n) is 8.23. The van der Waals surface area contributed by atoms with E-state index in [1.807, 2.05) is 0 Å². The van der Waals surface area contributed by atoms with Gasteiger partial charge in [-0.1, -0.05) is 11.3 Å². The van der Waals surface area contributed by atoms with E-state index >= 15 is 0 Å². The molecular formula is C16H17N3O8S. The number of thiazole rings is 1. The molecule has 2 aromatic heterocycles. The summed E-state index contributed by atoms with van der Waals surface area (Å²) in [4.78, 5) is 56.5. The molecule has 1 fully saturated rings. The van der Waals surface area contributed by atoms with Crippen LogP contribution in [0.4, 0.5) is 0 Å². The van der Waals surface area contributed by atoms with E-state index in [0.717, 1.165) is 11.3 Å². The Labute approximate surface area is 162 Å². The van der Waals surface area contributed by atoms with Crippen molar-refractivity contribution >= 4 is 39.6 Å². The monoisotopic (exact) mass is 411 g/mol. The molecule has 1 saturated heterocycles. The first-order chi connectivity index (χ1) is 13.2. The van der Waals surface area contributed by atoms with Gasteiger partial charge < -0.3 is 18.9 Å². The lowest BCUT2D eigenvalue weighted by Gasteiger charge is -2.22. The first-order valence-corrected chi connectivity index (χ1v) is 9.05. The Bertz CT molecular complexity index is 970. The number of aromatic amines is 1. The van der Waals surface area contributed by atoms with Crippen molar-refractivity contribution in [2.45, 2.75) is 45.2 Å². The van der Waals surface area contributed by atoms with Crippen molar-refractivity contribution < 1.29 is 33.3 Å². The van der Waals surface area contributed by atoms with Crippen LogP contribution in [0.3, 0.4) is 0 Å². The van der Waals surface area contributed by atoms with Crippen molar-refractivity contribution in [1.82, 2.24) is 15.0 Å². The largest absolute Gasteiger partial charge is 0.463 e. The van der Waals surface area contributed by atoms with Gasteiger partial charge in [-0.3, -0.25) is 24.2 Å². The Hall–Kier alpha value is -2.86. The van der Waals surface area contributed by atoms with E-state index in [9.17, 15) is 19.2 Å². The number of fused-ring (bicyclic) bond motifs is 1. The molecule has 1 N–H and O–H groups in total. The number of aromatic nitrogens is 3. The van der Waals surface area contributed by atoms with Crippen molar-refractivity contribution in [2.24, 2.45) is 0 Å². The summed E-state index contributed by atoms with van der Waals surface area (Å²) in [6.07, 6.45) is -2.56. The molecule has 0 aromatic carbocycles. The van der Waals surface area contributed by atoms with Crippen LogP contribution in [0.1, 0.15) is 32.7 Å². The zero-order valence-electron chi connectivity index (χ0n) is 15.2. The van der Waals surface area contributed by atoms with Crippen LogP contribution in [0.2, 0.25) is 0 Å². The van der Waals surface area contributed by atoms with Gasteiger partial charge in [-0.05, 0) is 0 Å². The van der Waals surface area contributed by atoms with Gasteiger partial charge in [0.05, 0.1) is 10.9 Å². The van der Waals surface area contributed by atoms with Crippen LogP contribution >= 0.6 is 11.3 Å². The lowest BCUT2D eigenvalue weighted by atomic mass is 10.1. The molecule has 1 aliphatic heterocycles. The van der Waals surface area contributed by atoms with Gasteiger partial charge in [0.25, 0.3) is 0 Å². The molecule has 28 heavy (non-hydrogen) atoms. The number of hydrogen-bond donors (Lipinski definition) is 1. The zero-order chi connectivity index (χ0) is 20.4. The van der Waals surface area contributed by atoms with E-state index in [2.05, 4.69) is 15.0 Å². The minimum atomic E-state index is -1.07. The standard InChI is InChI=1S/C16H17N3O8S/c1-6(20)24-5-9-11(25-7(2)21)12(26-8(3)22)13(27-9)15-17-4-10-14(18-15)19-16(23)28-10/h4,9,11-13H,5H2,1-3H3,(H,17,18,19,23)/t9-,11-,12-,13-/m1/s1. The van der Waals surface area contributed by atoms with Crippen molar-refractivity contribution in [1.29, 1.82) is 0 Å². The number of nitrogens with one attached hydrogen (secondary N) is 1. The molecule has 0 radical (unpaired) electrons. The maximum Gasteiger partial charge on any atom is 0.306 e. The minimum Gasteiger partial charge on any atom is -0.463 e. The van der Waals surface area contributed by atoms with Gasteiger partial charge in [0.1, 0.15) is 12.7 Å². The topological polar surface area (TPSA) is 147 Å². The maximum absolute atomic E-state index is 11.6. The molecule has 3 heterocycles. The Morgan fingerprint density at radius 3 is 2.46 bits per heavy atom. The highest BCUT2D eigenvalue weighted by Crippen LogP contribution is 2.36. The van der Waals surface area contributed by atoms with Crippen LogP contribution in [0.15, 0.2) is 11.0 Å². The lowest BCUT2D eigenvalue weighted by Crippen LogP contribution is -2.40. The SMILES string of the molecule is CC(=O)OC[C@H]1O[C@@H](c2ncc3sc(=O)[nH]c3n2)[C@H](OC(C)=O)[C@@H]1OC(C)=O.